The number of rotatable bonds is 4. The lowest BCUT2D eigenvalue weighted by Crippen LogP contribution is -2.36. The van der Waals surface area contributed by atoms with Crippen LogP contribution in [0.3, 0.4) is 0 Å². The van der Waals surface area contributed by atoms with Crippen LogP contribution in [0.2, 0.25) is 0 Å². The average Bonchev–Trinajstić information content (AvgIpc) is 2.96. The van der Waals surface area contributed by atoms with E-state index in [9.17, 15) is 15.2 Å². The molecule has 0 spiro atoms. The van der Waals surface area contributed by atoms with E-state index in [1.165, 1.54) is 0 Å². The Labute approximate surface area is 155 Å². The Morgan fingerprint density at radius 2 is 1.96 bits per heavy atom. The molecule has 0 bridgehead atoms. The highest BCUT2D eigenvalue weighted by molar-refractivity contribution is 5.96. The summed E-state index contributed by atoms with van der Waals surface area (Å²) in [7, 11) is 2.16. The summed E-state index contributed by atoms with van der Waals surface area (Å²) in [4.78, 5) is 19.5. The van der Waals surface area contributed by atoms with E-state index in [2.05, 4.69) is 22.9 Å². The van der Waals surface area contributed by atoms with Crippen molar-refractivity contribution in [3.05, 3.63) is 35.4 Å². The molecule has 140 valence electrons. The number of amides is 1. The molecule has 1 N–H and O–H groups in total. The normalized spacial score (nSPS) is 25.0. The molecule has 2 heterocycles. The monoisotopic (exact) mass is 356 g/mol. The lowest BCUT2D eigenvalue weighted by molar-refractivity contribution is 0.0778. The van der Waals surface area contributed by atoms with Gasteiger partial charge in [0.2, 0.25) is 0 Å². The smallest absolute Gasteiger partial charge is 0.255 e. The topological polar surface area (TPSA) is 70.8 Å². The van der Waals surface area contributed by atoms with Crippen molar-refractivity contribution in [3.63, 3.8) is 0 Å². The Bertz CT molecular complexity index is 672. The number of carbonyl (C=O) groups excluding carboxylic acids is 1. The summed E-state index contributed by atoms with van der Waals surface area (Å²) in [6.45, 7) is 6.53. The van der Waals surface area contributed by atoms with E-state index in [0.717, 1.165) is 39.1 Å². The van der Waals surface area contributed by atoms with E-state index in [1.54, 1.807) is 24.3 Å². The van der Waals surface area contributed by atoms with Crippen LogP contribution in [0.5, 0.6) is 0 Å². The van der Waals surface area contributed by atoms with Crippen LogP contribution in [-0.4, -0.2) is 85.2 Å². The molecule has 0 aliphatic carbocycles. The van der Waals surface area contributed by atoms with E-state index < -0.39 is 0 Å². The summed E-state index contributed by atoms with van der Waals surface area (Å²) in [5, 5.41) is 19.1. The molecular weight excluding hydrogens is 328 g/mol. The highest BCUT2D eigenvalue weighted by Crippen LogP contribution is 2.26. The Morgan fingerprint density at radius 3 is 2.73 bits per heavy atom. The maximum absolute atomic E-state index is 12.9. The van der Waals surface area contributed by atoms with Crippen LogP contribution in [0.25, 0.3) is 0 Å². The SMILES string of the molecule is CN1CCCN(C[C@@H]2CN(C(=O)c3ccccc3C#N)C[C@@H]2CO)CC1. The minimum atomic E-state index is -0.0984. The second-order valence-electron chi connectivity index (χ2n) is 7.53. The quantitative estimate of drug-likeness (QED) is 0.867. The number of likely N-dealkylation sites (tertiary alicyclic amines) is 1. The van der Waals surface area contributed by atoms with Gasteiger partial charge in [-0.05, 0) is 44.6 Å². The fourth-order valence-corrected chi connectivity index (χ4v) is 4.07. The lowest BCUT2D eigenvalue weighted by Gasteiger charge is -2.26. The Balaban J connectivity index is 1.67. The summed E-state index contributed by atoms with van der Waals surface area (Å²) < 4.78 is 0. The molecule has 26 heavy (non-hydrogen) atoms. The minimum Gasteiger partial charge on any atom is -0.396 e. The molecule has 1 amide bonds. The predicted molar refractivity (Wildman–Crippen MR) is 99.7 cm³/mol. The first-order valence-corrected chi connectivity index (χ1v) is 9.42. The number of hydrogen-bond acceptors (Lipinski definition) is 5. The summed E-state index contributed by atoms with van der Waals surface area (Å²) in [6, 6.07) is 9.06. The lowest BCUT2D eigenvalue weighted by atomic mass is 9.96. The molecule has 0 unspecified atom stereocenters. The third kappa shape index (κ3) is 4.24. The van der Waals surface area contributed by atoms with Crippen molar-refractivity contribution in [3.8, 4) is 6.07 Å². The van der Waals surface area contributed by atoms with Gasteiger partial charge in [0.25, 0.3) is 5.91 Å². The van der Waals surface area contributed by atoms with Crippen LogP contribution < -0.4 is 0 Å². The van der Waals surface area contributed by atoms with Gasteiger partial charge in [-0.25, -0.2) is 0 Å². The zero-order valence-corrected chi connectivity index (χ0v) is 15.5. The van der Waals surface area contributed by atoms with Gasteiger partial charge in [-0.15, -0.1) is 0 Å². The number of aliphatic hydroxyl groups is 1. The van der Waals surface area contributed by atoms with Crippen LogP contribution in [0.1, 0.15) is 22.3 Å². The van der Waals surface area contributed by atoms with Crippen LogP contribution in [-0.2, 0) is 0 Å². The number of nitrogens with zero attached hydrogens (tertiary/aromatic N) is 4. The van der Waals surface area contributed by atoms with Crippen molar-refractivity contribution in [1.82, 2.24) is 14.7 Å². The number of aliphatic hydroxyl groups excluding tert-OH is 1. The second-order valence-corrected chi connectivity index (χ2v) is 7.53. The molecule has 1 aromatic rings. The molecular formula is C20H28N4O2. The number of likely N-dealkylation sites (N-methyl/N-ethyl adjacent to an activating group) is 1. The predicted octanol–water partition coefficient (Wildman–Crippen LogP) is 0.876. The summed E-state index contributed by atoms with van der Waals surface area (Å²) in [5.74, 6) is 0.287. The van der Waals surface area contributed by atoms with E-state index >= 15 is 0 Å². The van der Waals surface area contributed by atoms with E-state index in [4.69, 9.17) is 0 Å². The van der Waals surface area contributed by atoms with E-state index in [0.29, 0.717) is 24.2 Å². The molecule has 0 radical (unpaired) electrons. The first kappa shape index (κ1) is 18.8. The number of hydrogen-bond donors (Lipinski definition) is 1. The standard InChI is InChI=1S/C20H28N4O2/c1-22-7-4-8-23(10-9-22)12-17-13-24(14-18(17)15-25)20(26)19-6-3-2-5-16(19)11-21/h2-3,5-6,17-18,25H,4,7-10,12-15H2,1H3/t17-,18-/m1/s1. The molecule has 6 heteroatoms. The number of carbonyl (C=O) groups is 1. The average molecular weight is 356 g/mol. The van der Waals surface area contributed by atoms with Crippen molar-refractivity contribution in [2.45, 2.75) is 6.42 Å². The van der Waals surface area contributed by atoms with Gasteiger partial charge in [-0.1, -0.05) is 12.1 Å². The van der Waals surface area contributed by atoms with Gasteiger partial charge < -0.3 is 19.8 Å². The Hall–Kier alpha value is -1.94. The first-order chi connectivity index (χ1) is 12.6. The van der Waals surface area contributed by atoms with Gasteiger partial charge in [-0.2, -0.15) is 5.26 Å². The first-order valence-electron chi connectivity index (χ1n) is 9.42. The Morgan fingerprint density at radius 1 is 1.19 bits per heavy atom. The van der Waals surface area contributed by atoms with Crippen LogP contribution in [0, 0.1) is 23.2 Å². The van der Waals surface area contributed by atoms with Crippen LogP contribution in [0.15, 0.2) is 24.3 Å². The van der Waals surface area contributed by atoms with E-state index in [1.807, 2.05) is 4.90 Å². The molecule has 2 aliphatic heterocycles. The fraction of sp³-hybridized carbons (Fsp3) is 0.600. The molecule has 2 saturated heterocycles. The third-order valence-corrected chi connectivity index (χ3v) is 5.68. The highest BCUT2D eigenvalue weighted by Gasteiger charge is 2.36. The zero-order chi connectivity index (χ0) is 18.5. The van der Waals surface area contributed by atoms with Crippen LogP contribution in [0.4, 0.5) is 0 Å². The largest absolute Gasteiger partial charge is 0.396 e. The highest BCUT2D eigenvalue weighted by atomic mass is 16.3. The van der Waals surface area contributed by atoms with Crippen molar-refractivity contribution in [2.24, 2.45) is 11.8 Å². The number of nitriles is 1. The summed E-state index contributed by atoms with van der Waals surface area (Å²) in [6.07, 6.45) is 1.16. The maximum atomic E-state index is 12.9. The van der Waals surface area contributed by atoms with Crippen LogP contribution >= 0.6 is 0 Å². The van der Waals surface area contributed by atoms with E-state index in [-0.39, 0.29) is 24.3 Å². The number of benzene rings is 1. The molecule has 0 saturated carbocycles. The molecule has 2 atom stereocenters. The molecule has 1 aromatic carbocycles. The summed E-state index contributed by atoms with van der Waals surface area (Å²) >= 11 is 0. The minimum absolute atomic E-state index is 0.0984. The zero-order valence-electron chi connectivity index (χ0n) is 15.5. The Kier molecular flexibility index (Phi) is 6.25. The second kappa shape index (κ2) is 8.63. The third-order valence-electron chi connectivity index (χ3n) is 5.68. The molecule has 2 aliphatic rings. The fourth-order valence-electron chi connectivity index (χ4n) is 4.07. The molecule has 0 aromatic heterocycles. The van der Waals surface area contributed by atoms with Gasteiger partial charge in [0, 0.05) is 45.2 Å². The summed E-state index contributed by atoms with van der Waals surface area (Å²) in [5.41, 5.74) is 0.876. The van der Waals surface area contributed by atoms with Crippen molar-refractivity contribution < 1.29 is 9.90 Å². The van der Waals surface area contributed by atoms with Gasteiger partial charge >= 0.3 is 0 Å². The van der Waals surface area contributed by atoms with Crippen molar-refractivity contribution in [1.29, 1.82) is 5.26 Å². The van der Waals surface area contributed by atoms with Crippen molar-refractivity contribution >= 4 is 5.91 Å². The van der Waals surface area contributed by atoms with Crippen molar-refractivity contribution in [2.75, 3.05) is 59.5 Å². The maximum Gasteiger partial charge on any atom is 0.255 e. The van der Waals surface area contributed by atoms with Gasteiger partial charge in [0.15, 0.2) is 0 Å². The molecule has 6 nitrogen and oxygen atoms in total. The molecule has 3 rings (SSSR count). The van der Waals surface area contributed by atoms with Gasteiger partial charge in [0.05, 0.1) is 17.2 Å². The molecule has 2 fully saturated rings. The van der Waals surface area contributed by atoms with Gasteiger partial charge in [-0.3, -0.25) is 4.79 Å². The van der Waals surface area contributed by atoms with Gasteiger partial charge in [0.1, 0.15) is 0 Å².